The van der Waals surface area contributed by atoms with Crippen molar-refractivity contribution in [3.05, 3.63) is 0 Å². The molecule has 106 valence electrons. The average molecular weight is 260 g/mol. The number of aliphatic carboxylic acids is 1. The number of amides is 2. The van der Waals surface area contributed by atoms with Gasteiger partial charge in [0.2, 0.25) is 0 Å². The second-order valence-electron chi connectivity index (χ2n) is 4.52. The lowest BCUT2D eigenvalue weighted by Gasteiger charge is -2.29. The van der Waals surface area contributed by atoms with E-state index in [9.17, 15) is 9.59 Å². The summed E-state index contributed by atoms with van der Waals surface area (Å²) in [5, 5.41) is 11.2. The summed E-state index contributed by atoms with van der Waals surface area (Å²) in [6.45, 7) is 6.64. The van der Waals surface area contributed by atoms with Crippen LogP contribution in [0.15, 0.2) is 0 Å². The maximum atomic E-state index is 11.9. The quantitative estimate of drug-likeness (QED) is 0.645. The number of rotatable bonds is 8. The molecule has 2 amide bonds. The topological polar surface area (TPSA) is 78.9 Å². The molecule has 0 aliphatic rings. The zero-order valence-electron chi connectivity index (χ0n) is 11.6. The zero-order chi connectivity index (χ0) is 14.1. The second-order valence-corrected chi connectivity index (χ2v) is 4.52. The standard InChI is InChI=1S/C12H24N2O4/c1-9(2)14(8-10(3)18-4)12(17)13-7-5-6-11(15)16/h9-10H,5-8H2,1-4H3,(H,13,17)(H,15,16). The number of carboxylic acid groups (broad SMARTS) is 1. The van der Waals surface area contributed by atoms with Gasteiger partial charge in [-0.2, -0.15) is 0 Å². The van der Waals surface area contributed by atoms with Gasteiger partial charge >= 0.3 is 12.0 Å². The molecule has 0 aliphatic carbocycles. The summed E-state index contributed by atoms with van der Waals surface area (Å²) < 4.78 is 5.14. The van der Waals surface area contributed by atoms with Crippen LogP contribution in [0.5, 0.6) is 0 Å². The highest BCUT2D eigenvalue weighted by Gasteiger charge is 2.18. The molecule has 0 saturated heterocycles. The minimum absolute atomic E-state index is 0.0304. The third kappa shape index (κ3) is 7.11. The molecule has 0 aromatic rings. The summed E-state index contributed by atoms with van der Waals surface area (Å²) in [5.41, 5.74) is 0. The molecule has 0 heterocycles. The fourth-order valence-electron chi connectivity index (χ4n) is 1.42. The smallest absolute Gasteiger partial charge is 0.317 e. The van der Waals surface area contributed by atoms with Crippen molar-refractivity contribution < 1.29 is 19.4 Å². The number of methoxy groups -OCH3 is 1. The van der Waals surface area contributed by atoms with Crippen LogP contribution in [0.4, 0.5) is 4.79 Å². The van der Waals surface area contributed by atoms with Crippen molar-refractivity contribution in [3.63, 3.8) is 0 Å². The summed E-state index contributed by atoms with van der Waals surface area (Å²) in [7, 11) is 1.61. The van der Waals surface area contributed by atoms with Gasteiger partial charge in [-0.1, -0.05) is 0 Å². The van der Waals surface area contributed by atoms with Crippen LogP contribution in [0.25, 0.3) is 0 Å². The number of urea groups is 1. The largest absolute Gasteiger partial charge is 0.481 e. The molecule has 2 N–H and O–H groups in total. The highest BCUT2D eigenvalue weighted by atomic mass is 16.5. The van der Waals surface area contributed by atoms with Crippen molar-refractivity contribution in [3.8, 4) is 0 Å². The molecule has 0 rings (SSSR count). The number of nitrogens with zero attached hydrogens (tertiary/aromatic N) is 1. The molecule has 0 aromatic heterocycles. The van der Waals surface area contributed by atoms with Gasteiger partial charge in [0.05, 0.1) is 6.10 Å². The lowest BCUT2D eigenvalue weighted by molar-refractivity contribution is -0.137. The van der Waals surface area contributed by atoms with Crippen LogP contribution in [0.3, 0.4) is 0 Å². The van der Waals surface area contributed by atoms with E-state index in [0.717, 1.165) is 0 Å². The van der Waals surface area contributed by atoms with E-state index in [1.807, 2.05) is 20.8 Å². The first-order valence-corrected chi connectivity index (χ1v) is 6.17. The Hall–Kier alpha value is -1.30. The minimum Gasteiger partial charge on any atom is -0.481 e. The first-order valence-electron chi connectivity index (χ1n) is 6.17. The minimum atomic E-state index is -0.849. The molecule has 6 heteroatoms. The zero-order valence-corrected chi connectivity index (χ0v) is 11.6. The third-order valence-corrected chi connectivity index (χ3v) is 2.58. The molecular weight excluding hydrogens is 236 g/mol. The van der Waals surface area contributed by atoms with E-state index in [-0.39, 0.29) is 24.6 Å². The number of carbonyl (C=O) groups is 2. The number of nitrogens with one attached hydrogen (secondary N) is 1. The Balaban J connectivity index is 4.10. The van der Waals surface area contributed by atoms with Crippen LogP contribution in [0.1, 0.15) is 33.6 Å². The number of ether oxygens (including phenoxy) is 1. The first-order chi connectivity index (χ1) is 8.38. The Labute approximate surface area is 108 Å². The van der Waals surface area contributed by atoms with Gasteiger partial charge in [-0.3, -0.25) is 4.79 Å². The molecule has 0 spiro atoms. The highest BCUT2D eigenvalue weighted by Crippen LogP contribution is 2.02. The number of hydrogen-bond donors (Lipinski definition) is 2. The molecule has 0 saturated carbocycles. The van der Waals surface area contributed by atoms with Gasteiger partial charge < -0.3 is 20.1 Å². The Morgan fingerprint density at radius 1 is 1.33 bits per heavy atom. The van der Waals surface area contributed by atoms with Crippen molar-refractivity contribution >= 4 is 12.0 Å². The Morgan fingerprint density at radius 3 is 2.39 bits per heavy atom. The molecule has 18 heavy (non-hydrogen) atoms. The molecular formula is C12H24N2O4. The monoisotopic (exact) mass is 260 g/mol. The van der Waals surface area contributed by atoms with Crippen molar-refractivity contribution in [1.82, 2.24) is 10.2 Å². The number of carbonyl (C=O) groups excluding carboxylic acids is 1. The first kappa shape index (κ1) is 16.7. The lowest BCUT2D eigenvalue weighted by atomic mass is 10.3. The molecule has 0 radical (unpaired) electrons. The molecule has 0 aromatic carbocycles. The normalized spacial score (nSPS) is 12.3. The van der Waals surface area contributed by atoms with Crippen molar-refractivity contribution in [2.24, 2.45) is 0 Å². The van der Waals surface area contributed by atoms with Gasteiger partial charge in [0.25, 0.3) is 0 Å². The van der Waals surface area contributed by atoms with E-state index in [2.05, 4.69) is 5.32 Å². The average Bonchev–Trinajstić information content (AvgIpc) is 2.30. The summed E-state index contributed by atoms with van der Waals surface area (Å²) in [5.74, 6) is -0.849. The van der Waals surface area contributed by atoms with Gasteiger partial charge in [0.1, 0.15) is 0 Å². The fraction of sp³-hybridized carbons (Fsp3) is 0.833. The summed E-state index contributed by atoms with van der Waals surface area (Å²) in [6.07, 6.45) is 0.473. The molecule has 1 atom stereocenters. The van der Waals surface area contributed by atoms with Crippen LogP contribution in [0, 0.1) is 0 Å². The summed E-state index contributed by atoms with van der Waals surface area (Å²) >= 11 is 0. The van der Waals surface area contributed by atoms with Crippen molar-refractivity contribution in [2.75, 3.05) is 20.2 Å². The van der Waals surface area contributed by atoms with E-state index in [1.165, 1.54) is 0 Å². The summed E-state index contributed by atoms with van der Waals surface area (Å²) in [4.78, 5) is 23.9. The molecule has 1 unspecified atom stereocenters. The van der Waals surface area contributed by atoms with E-state index in [0.29, 0.717) is 19.5 Å². The SMILES string of the molecule is COC(C)CN(C(=O)NCCCC(=O)O)C(C)C. The lowest BCUT2D eigenvalue weighted by Crippen LogP contribution is -2.47. The predicted molar refractivity (Wildman–Crippen MR) is 68.6 cm³/mol. The molecule has 6 nitrogen and oxygen atoms in total. The summed E-state index contributed by atoms with van der Waals surface area (Å²) in [6, 6.07) is -0.110. The molecule has 0 bridgehead atoms. The van der Waals surface area contributed by atoms with Crippen LogP contribution >= 0.6 is 0 Å². The van der Waals surface area contributed by atoms with E-state index in [1.54, 1.807) is 12.0 Å². The number of hydrogen-bond acceptors (Lipinski definition) is 3. The molecule has 0 fully saturated rings. The van der Waals surface area contributed by atoms with Crippen LogP contribution < -0.4 is 5.32 Å². The van der Waals surface area contributed by atoms with Gasteiger partial charge in [-0.25, -0.2) is 4.79 Å². The Bertz CT molecular complexity index is 269. The van der Waals surface area contributed by atoms with Gasteiger partial charge in [-0.05, 0) is 27.2 Å². The highest BCUT2D eigenvalue weighted by molar-refractivity contribution is 5.74. The van der Waals surface area contributed by atoms with Crippen LogP contribution in [-0.4, -0.2) is 54.4 Å². The number of carboxylic acids is 1. The third-order valence-electron chi connectivity index (χ3n) is 2.58. The van der Waals surface area contributed by atoms with Crippen LogP contribution in [-0.2, 0) is 9.53 Å². The Kier molecular flexibility index (Phi) is 8.11. The van der Waals surface area contributed by atoms with Gasteiger partial charge in [0, 0.05) is 32.7 Å². The van der Waals surface area contributed by atoms with Gasteiger partial charge in [0.15, 0.2) is 0 Å². The van der Waals surface area contributed by atoms with Gasteiger partial charge in [-0.15, -0.1) is 0 Å². The fourth-order valence-corrected chi connectivity index (χ4v) is 1.42. The van der Waals surface area contributed by atoms with Crippen LogP contribution in [0.2, 0.25) is 0 Å². The maximum absolute atomic E-state index is 11.9. The second kappa shape index (κ2) is 8.74. The van der Waals surface area contributed by atoms with Crippen molar-refractivity contribution in [1.29, 1.82) is 0 Å². The van der Waals surface area contributed by atoms with E-state index >= 15 is 0 Å². The molecule has 0 aliphatic heterocycles. The Morgan fingerprint density at radius 2 is 1.94 bits per heavy atom. The van der Waals surface area contributed by atoms with Crippen molar-refractivity contribution in [2.45, 2.75) is 45.8 Å². The maximum Gasteiger partial charge on any atom is 0.317 e. The predicted octanol–water partition coefficient (Wildman–Crippen LogP) is 1.31. The van der Waals surface area contributed by atoms with E-state index < -0.39 is 5.97 Å². The van der Waals surface area contributed by atoms with E-state index in [4.69, 9.17) is 9.84 Å².